The summed E-state index contributed by atoms with van der Waals surface area (Å²) in [5.41, 5.74) is 0.346. The summed E-state index contributed by atoms with van der Waals surface area (Å²) < 4.78 is 128. The van der Waals surface area contributed by atoms with E-state index in [0.29, 0.717) is 45.7 Å². The highest BCUT2D eigenvalue weighted by atomic mass is 35.5. The monoisotopic (exact) mass is 1360 g/mol. The van der Waals surface area contributed by atoms with Crippen molar-refractivity contribution in [1.82, 2.24) is 18.1 Å². The first-order valence-corrected chi connectivity index (χ1v) is 35.8. The van der Waals surface area contributed by atoms with Crippen molar-refractivity contribution in [3.63, 3.8) is 0 Å². The Hall–Kier alpha value is -3.15. The van der Waals surface area contributed by atoms with E-state index in [1.807, 2.05) is 33.3 Å². The number of thioether (sulfide) groups is 1. The normalized spacial score (nSPS) is 16.1. The van der Waals surface area contributed by atoms with Gasteiger partial charge >= 0.3 is 12.4 Å². The van der Waals surface area contributed by atoms with Crippen molar-refractivity contribution in [2.45, 2.75) is 171 Å². The lowest BCUT2D eigenvalue weighted by Gasteiger charge is -2.31. The third kappa shape index (κ3) is 28.1. The number of hydrogen-bond acceptors (Lipinski definition) is 11. The number of carbonyl (C=O) groups excluding carboxylic acids is 2. The number of allylic oxidation sites excluding steroid dienone is 1. The van der Waals surface area contributed by atoms with E-state index >= 15 is 0 Å². The minimum atomic E-state index is -4.42. The number of carbonyl (C=O) groups is 2. The van der Waals surface area contributed by atoms with Crippen molar-refractivity contribution in [2.24, 2.45) is 11.8 Å². The first-order valence-electron chi connectivity index (χ1n) is 29.8. The predicted molar refractivity (Wildman–Crippen MR) is 353 cm³/mol. The van der Waals surface area contributed by atoms with E-state index in [1.165, 1.54) is 79.4 Å². The fraction of sp³-hybridized carbons (Fsp3) is 0.562. The lowest BCUT2D eigenvalue weighted by atomic mass is 9.99. The second-order valence-electron chi connectivity index (χ2n) is 21.0. The van der Waals surface area contributed by atoms with E-state index in [9.17, 15) is 44.7 Å². The van der Waals surface area contributed by atoms with E-state index in [-0.39, 0.29) is 38.9 Å². The summed E-state index contributed by atoms with van der Waals surface area (Å²) in [5, 5.41) is 0.608. The Balaban J connectivity index is 0.000000372. The van der Waals surface area contributed by atoms with Gasteiger partial charge in [-0.15, -0.1) is 6.58 Å². The smallest absolute Gasteiger partial charge is 0.416 e. The highest BCUT2D eigenvalue weighted by Crippen LogP contribution is 2.47. The first kappa shape index (κ1) is 78.1. The van der Waals surface area contributed by atoms with Crippen molar-refractivity contribution in [3.05, 3.63) is 128 Å². The van der Waals surface area contributed by atoms with E-state index < -0.39 is 46.9 Å². The average molecular weight is 1360 g/mol. The van der Waals surface area contributed by atoms with Gasteiger partial charge in [0.1, 0.15) is 23.1 Å². The lowest BCUT2D eigenvalue weighted by Crippen LogP contribution is -2.31. The Labute approximate surface area is 544 Å². The van der Waals surface area contributed by atoms with Crippen LogP contribution in [0.5, 0.6) is 11.5 Å². The second-order valence-corrected chi connectivity index (χ2v) is 26.7. The molecule has 87 heavy (non-hydrogen) atoms. The van der Waals surface area contributed by atoms with Gasteiger partial charge in [-0.05, 0) is 203 Å². The summed E-state index contributed by atoms with van der Waals surface area (Å²) in [6, 6.07) is 12.8. The molecule has 488 valence electrons. The van der Waals surface area contributed by atoms with E-state index in [4.69, 9.17) is 32.7 Å². The third-order valence-electron chi connectivity index (χ3n) is 13.3. The number of halogens is 10. The molecule has 0 bridgehead atoms. The number of unbranched alkanes of at least 4 members (excludes halogenated alkanes) is 1. The molecule has 3 saturated carbocycles. The van der Waals surface area contributed by atoms with E-state index in [0.717, 1.165) is 138 Å². The Kier molecular flexibility index (Phi) is 36.5. The van der Waals surface area contributed by atoms with Crippen molar-refractivity contribution < 1.29 is 54.2 Å². The van der Waals surface area contributed by atoms with Crippen molar-refractivity contribution in [3.8, 4) is 11.5 Å². The van der Waals surface area contributed by atoms with Crippen molar-refractivity contribution in [2.75, 3.05) is 58.2 Å². The molecular formula is C64H88Cl2F8N4O4S5. The molecule has 2 amide bonds. The number of amides is 2. The fourth-order valence-corrected chi connectivity index (χ4v) is 11.7. The number of ether oxygens (including phenoxy) is 2. The Morgan fingerprint density at radius 2 is 0.954 bits per heavy atom. The van der Waals surface area contributed by atoms with Crippen LogP contribution in [0, 0.1) is 23.5 Å². The van der Waals surface area contributed by atoms with Crippen molar-refractivity contribution >= 4 is 94.6 Å². The van der Waals surface area contributed by atoms with Gasteiger partial charge in [-0.25, -0.2) is 17.4 Å². The zero-order chi connectivity index (χ0) is 64.9. The molecule has 4 aromatic carbocycles. The molecule has 8 nitrogen and oxygen atoms in total. The van der Waals surface area contributed by atoms with Crippen LogP contribution in [-0.2, 0) is 12.4 Å². The number of rotatable bonds is 18. The van der Waals surface area contributed by atoms with Gasteiger partial charge in [0.2, 0.25) is 0 Å². The largest absolute Gasteiger partial charge is 0.493 e. The van der Waals surface area contributed by atoms with Crippen LogP contribution in [-0.4, -0.2) is 83.8 Å². The quantitative estimate of drug-likeness (QED) is 0.0568. The number of benzene rings is 4. The Morgan fingerprint density at radius 1 is 0.609 bits per heavy atom. The molecule has 3 aliphatic carbocycles. The third-order valence-corrected chi connectivity index (χ3v) is 18.0. The number of alkyl halides is 6. The first-order chi connectivity index (χ1) is 41.5. The van der Waals surface area contributed by atoms with Crippen LogP contribution in [0.2, 0.25) is 10.0 Å². The Bertz CT molecular complexity index is 2700. The standard InChI is InChI=1S/C26H27ClF4N2O2S2.C24H25ClF4N2O2S2.C4H10.C3H8.C3H6.C2H6S.C2H6/c27-21-11-17(26(29,30)31)3-6-24(21)37-33-9-7-15(8-10-33)14-35-23-13-22(28)20(12-19(23)16-1-2-16)25(34)32-36-18-4-5-18;1-34-30-23(32)18-11-17(15-2-3-15)21(12-20(18)26)33-13-14-6-8-31(9-7-14)35-22-5-4-16(10-19(22)25)24(27,28)29;1-3-4-2;3*1-3-2;1-2/h3,6,11-13,15-16,18H,1-2,4-5,7-10,14H2,(H,32,34);4-5,10-12,14-15H,2-3,6-9,13H2,1H3,(H,30,32);3-4H2,1-2H3;3H2,1-2H3;3H,1H2,2H3;1-2H3;1-2H3. The molecule has 2 N–H and O–H groups in total. The molecule has 0 spiro atoms. The summed E-state index contributed by atoms with van der Waals surface area (Å²) in [7, 11) is 0. The zero-order valence-electron chi connectivity index (χ0n) is 51.7. The topological polar surface area (TPSA) is 83.1 Å². The molecule has 9 rings (SSSR count). The highest BCUT2D eigenvalue weighted by Gasteiger charge is 2.35. The molecule has 4 aromatic rings. The van der Waals surface area contributed by atoms with Gasteiger partial charge in [-0.3, -0.25) is 19.0 Å². The van der Waals surface area contributed by atoms with Gasteiger partial charge in [-0.2, -0.15) is 38.1 Å². The number of nitrogens with one attached hydrogen (secondary N) is 2. The molecule has 0 atom stereocenters. The summed E-state index contributed by atoms with van der Waals surface area (Å²) in [4.78, 5) is 25.8. The van der Waals surface area contributed by atoms with Gasteiger partial charge in [0.25, 0.3) is 11.8 Å². The van der Waals surface area contributed by atoms with Crippen LogP contribution in [0.25, 0.3) is 0 Å². The molecule has 0 aromatic heterocycles. The van der Waals surface area contributed by atoms with Gasteiger partial charge in [0, 0.05) is 59.6 Å². The van der Waals surface area contributed by atoms with Gasteiger partial charge in [-0.1, -0.05) is 102 Å². The van der Waals surface area contributed by atoms with Crippen LogP contribution in [0.1, 0.15) is 187 Å². The molecule has 2 heterocycles. The molecule has 5 fully saturated rings. The number of piperidine rings is 2. The minimum absolute atomic E-state index is 0.0286. The zero-order valence-corrected chi connectivity index (χ0v) is 57.3. The predicted octanol–water partition coefficient (Wildman–Crippen LogP) is 21.3. The second kappa shape index (κ2) is 40.7. The minimum Gasteiger partial charge on any atom is -0.493 e. The molecule has 0 radical (unpaired) electrons. The van der Waals surface area contributed by atoms with Crippen LogP contribution in [0.4, 0.5) is 35.1 Å². The Morgan fingerprint density at radius 3 is 1.24 bits per heavy atom. The van der Waals surface area contributed by atoms with Gasteiger partial charge in [0.05, 0.1) is 45.5 Å². The molecular weight excluding hydrogens is 1270 g/mol. The lowest BCUT2D eigenvalue weighted by molar-refractivity contribution is -0.138. The van der Waals surface area contributed by atoms with Crippen LogP contribution >= 0.6 is 82.8 Å². The molecule has 23 heteroatoms. The molecule has 0 unspecified atom stereocenters. The highest BCUT2D eigenvalue weighted by molar-refractivity contribution is 7.99. The maximum Gasteiger partial charge on any atom is 0.416 e. The molecule has 2 aliphatic heterocycles. The summed E-state index contributed by atoms with van der Waals surface area (Å²) in [6.45, 7) is 21.7. The number of hydrogen-bond donors (Lipinski definition) is 2. The van der Waals surface area contributed by atoms with Crippen LogP contribution in [0.15, 0.2) is 83.1 Å². The maximum absolute atomic E-state index is 14.8. The fourth-order valence-electron chi connectivity index (χ4n) is 8.22. The van der Waals surface area contributed by atoms with Gasteiger partial charge < -0.3 is 9.47 Å². The molecule has 5 aliphatic rings. The average Bonchev–Trinajstić information content (AvgIpc) is 3.10. The summed E-state index contributed by atoms with van der Waals surface area (Å²) >= 11 is 19.1. The maximum atomic E-state index is 14.8. The SMILES string of the molecule is C=CC.CC.CCC.CCCC.CSC.CSNC(=O)c1cc(C2CC2)c(OCC2CCN(Sc3ccc(C(F)(F)F)cc3Cl)CC2)cc1F.O=C(NSC1CC1)c1cc(C2CC2)c(OCC2CCN(Sc3ccc(C(F)(F)F)cc3Cl)CC2)cc1F. The van der Waals surface area contributed by atoms with Crippen molar-refractivity contribution in [1.29, 1.82) is 0 Å². The summed E-state index contributed by atoms with van der Waals surface area (Å²) in [5.74, 6) is 0.102. The molecule has 2 saturated heterocycles. The van der Waals surface area contributed by atoms with Crippen LogP contribution < -0.4 is 18.9 Å². The van der Waals surface area contributed by atoms with Gasteiger partial charge in [0.15, 0.2) is 0 Å². The number of nitrogens with zero attached hydrogens (tertiary/aromatic N) is 2. The van der Waals surface area contributed by atoms with Crippen LogP contribution in [0.3, 0.4) is 0 Å². The van der Waals surface area contributed by atoms with E-state index in [1.54, 1.807) is 36.2 Å². The van der Waals surface area contributed by atoms with E-state index in [2.05, 4.69) is 52.3 Å². The summed E-state index contributed by atoms with van der Waals surface area (Å²) in [6.07, 6.45) is 12.1.